The molecule has 1 N–H and O–H groups in total. The highest BCUT2D eigenvalue weighted by Crippen LogP contribution is 2.25. The van der Waals surface area contributed by atoms with Gasteiger partial charge in [-0.1, -0.05) is 55.2 Å². The maximum Gasteiger partial charge on any atom is 0.244 e. The molecule has 0 fully saturated rings. The number of rotatable bonds is 12. The Morgan fingerprint density at radius 2 is 1.70 bits per heavy atom. The zero-order valence-electron chi connectivity index (χ0n) is 21.6. The Labute approximate surface area is 229 Å². The average Bonchev–Trinajstić information content (AvgIpc) is 2.82. The number of nitrogens with one attached hydrogen (secondary N) is 1. The van der Waals surface area contributed by atoms with E-state index in [-0.39, 0.29) is 36.4 Å². The summed E-state index contributed by atoms with van der Waals surface area (Å²) in [4.78, 5) is 40.1. The largest absolute Gasteiger partial charge is 0.352 e. The van der Waals surface area contributed by atoms with Crippen molar-refractivity contribution >= 4 is 56.5 Å². The molecule has 8 nitrogen and oxygen atoms in total. The number of hydrogen-bond acceptors (Lipinski definition) is 5. The minimum Gasteiger partial charge on any atom is -0.352 e. The summed E-state index contributed by atoms with van der Waals surface area (Å²) in [5.41, 5.74) is 1.03. The predicted molar refractivity (Wildman–Crippen MR) is 148 cm³/mol. The van der Waals surface area contributed by atoms with Gasteiger partial charge in [0.25, 0.3) is 0 Å². The van der Waals surface area contributed by atoms with Gasteiger partial charge < -0.3 is 10.2 Å². The van der Waals surface area contributed by atoms with Crippen molar-refractivity contribution in [2.24, 2.45) is 0 Å². The second-order valence-corrected chi connectivity index (χ2v) is 11.6. The summed E-state index contributed by atoms with van der Waals surface area (Å²) in [6.45, 7) is 6.33. The van der Waals surface area contributed by atoms with E-state index in [1.807, 2.05) is 13.8 Å². The molecular weight excluding hydrogens is 537 g/mol. The first-order chi connectivity index (χ1) is 17.3. The van der Waals surface area contributed by atoms with E-state index >= 15 is 0 Å². The molecule has 0 radical (unpaired) electrons. The van der Waals surface area contributed by atoms with Gasteiger partial charge in [-0.15, -0.1) is 0 Å². The van der Waals surface area contributed by atoms with Crippen LogP contribution in [0, 0.1) is 0 Å². The average molecular weight is 571 g/mol. The molecule has 0 heterocycles. The molecule has 2 rings (SSSR count). The molecule has 37 heavy (non-hydrogen) atoms. The van der Waals surface area contributed by atoms with Crippen molar-refractivity contribution in [3.8, 4) is 0 Å². The minimum absolute atomic E-state index is 0.0354. The molecule has 0 aliphatic heterocycles. The summed E-state index contributed by atoms with van der Waals surface area (Å²) in [5.74, 6) is -1.19. The highest BCUT2D eigenvalue weighted by atomic mass is 35.5. The first kappa shape index (κ1) is 30.6. The fourth-order valence-corrected chi connectivity index (χ4v) is 5.00. The lowest BCUT2D eigenvalue weighted by Gasteiger charge is -2.33. The second-order valence-electron chi connectivity index (χ2n) is 8.88. The van der Waals surface area contributed by atoms with E-state index < -0.39 is 28.5 Å². The number of sulfonamides is 1. The van der Waals surface area contributed by atoms with E-state index in [2.05, 4.69) is 5.32 Å². The number of halogens is 2. The monoisotopic (exact) mass is 569 g/mol. The third-order valence-electron chi connectivity index (χ3n) is 5.96. The van der Waals surface area contributed by atoms with Gasteiger partial charge in [0.1, 0.15) is 12.6 Å². The SMILES string of the molecule is CC[C@@H](C)NC(=O)[C@H](CC)N(Cc1ccc(Cl)cc1Cl)C(=O)CN(c1cccc(C(C)=O)c1)S(C)(=O)=O. The van der Waals surface area contributed by atoms with Gasteiger partial charge in [-0.25, -0.2) is 8.42 Å². The van der Waals surface area contributed by atoms with E-state index in [4.69, 9.17) is 23.2 Å². The summed E-state index contributed by atoms with van der Waals surface area (Å²) in [5, 5.41) is 3.64. The summed E-state index contributed by atoms with van der Waals surface area (Å²) in [6.07, 6.45) is 1.97. The normalized spacial score (nSPS) is 12.9. The fourth-order valence-electron chi connectivity index (χ4n) is 3.69. The van der Waals surface area contributed by atoms with Crippen molar-refractivity contribution in [1.82, 2.24) is 10.2 Å². The van der Waals surface area contributed by atoms with Gasteiger partial charge in [-0.3, -0.25) is 18.7 Å². The van der Waals surface area contributed by atoms with Crippen LogP contribution in [0.25, 0.3) is 0 Å². The number of carbonyl (C=O) groups is 3. The first-order valence-corrected chi connectivity index (χ1v) is 14.5. The number of anilines is 1. The Morgan fingerprint density at radius 1 is 1.03 bits per heavy atom. The number of hydrogen-bond donors (Lipinski definition) is 1. The number of carbonyl (C=O) groups excluding carboxylic acids is 3. The van der Waals surface area contributed by atoms with E-state index in [1.54, 1.807) is 31.2 Å². The first-order valence-electron chi connectivity index (χ1n) is 11.9. The quantitative estimate of drug-likeness (QED) is 0.373. The van der Waals surface area contributed by atoms with Crippen molar-refractivity contribution in [3.05, 3.63) is 63.6 Å². The van der Waals surface area contributed by atoms with Crippen LogP contribution in [0.3, 0.4) is 0 Å². The van der Waals surface area contributed by atoms with Crippen molar-refractivity contribution in [1.29, 1.82) is 0 Å². The maximum atomic E-state index is 13.7. The van der Waals surface area contributed by atoms with Gasteiger partial charge >= 0.3 is 0 Å². The lowest BCUT2D eigenvalue weighted by atomic mass is 10.1. The van der Waals surface area contributed by atoms with Crippen molar-refractivity contribution in [3.63, 3.8) is 0 Å². The van der Waals surface area contributed by atoms with Gasteiger partial charge in [0.15, 0.2) is 5.78 Å². The van der Waals surface area contributed by atoms with Gasteiger partial charge in [-0.05, 0) is 56.5 Å². The van der Waals surface area contributed by atoms with Crippen molar-refractivity contribution in [2.75, 3.05) is 17.1 Å². The van der Waals surface area contributed by atoms with Crippen LogP contribution >= 0.6 is 23.2 Å². The molecule has 2 aromatic carbocycles. The van der Waals surface area contributed by atoms with E-state index in [0.717, 1.165) is 10.6 Å². The lowest BCUT2D eigenvalue weighted by Crippen LogP contribution is -2.53. The van der Waals surface area contributed by atoms with Crippen LogP contribution in [0.5, 0.6) is 0 Å². The molecule has 0 aromatic heterocycles. The third kappa shape index (κ3) is 8.45. The molecule has 0 saturated heterocycles. The Kier molecular flexibility index (Phi) is 11.0. The number of ketones is 1. The number of nitrogens with zero attached hydrogens (tertiary/aromatic N) is 2. The van der Waals surface area contributed by atoms with Crippen LogP contribution < -0.4 is 9.62 Å². The Hall–Kier alpha value is -2.62. The highest BCUT2D eigenvalue weighted by Gasteiger charge is 2.32. The molecule has 0 aliphatic carbocycles. The maximum absolute atomic E-state index is 13.7. The molecule has 0 aliphatic rings. The van der Waals surface area contributed by atoms with Crippen LogP contribution in [-0.4, -0.2) is 55.8 Å². The summed E-state index contributed by atoms with van der Waals surface area (Å²) in [6, 6.07) is 9.88. The van der Waals surface area contributed by atoms with Crippen molar-refractivity contribution in [2.45, 2.75) is 59.2 Å². The smallest absolute Gasteiger partial charge is 0.244 e. The van der Waals surface area contributed by atoms with Crippen LogP contribution in [0.2, 0.25) is 10.0 Å². The molecule has 0 bridgehead atoms. The Bertz CT molecular complexity index is 1250. The molecule has 202 valence electrons. The highest BCUT2D eigenvalue weighted by molar-refractivity contribution is 7.92. The molecular formula is C26H33Cl2N3O5S. The molecule has 2 amide bonds. The van der Waals surface area contributed by atoms with Gasteiger partial charge in [0, 0.05) is 28.2 Å². The zero-order valence-corrected chi connectivity index (χ0v) is 24.0. The molecule has 0 spiro atoms. The topological polar surface area (TPSA) is 104 Å². The lowest BCUT2D eigenvalue weighted by molar-refractivity contribution is -0.140. The fraction of sp³-hybridized carbons (Fsp3) is 0.423. The standard InChI is InChI=1S/C26H33Cl2N3O5S/c1-6-17(3)29-26(34)24(7-2)30(15-20-11-12-21(27)14-23(20)28)25(33)16-31(37(5,35)36)22-10-8-9-19(13-22)18(4)32/h8-14,17,24H,6-7,15-16H2,1-5H3,(H,29,34)/t17-,24+/m1/s1. The number of Topliss-reactive ketones (excluding diaryl/α,β-unsaturated/α-hetero) is 1. The van der Waals surface area contributed by atoms with Crippen LogP contribution in [0.1, 0.15) is 56.5 Å². The zero-order chi connectivity index (χ0) is 27.9. The van der Waals surface area contributed by atoms with Crippen LogP contribution in [-0.2, 0) is 26.2 Å². The van der Waals surface area contributed by atoms with Crippen LogP contribution in [0.4, 0.5) is 5.69 Å². The van der Waals surface area contributed by atoms with E-state index in [1.165, 1.54) is 30.0 Å². The summed E-state index contributed by atoms with van der Waals surface area (Å²) >= 11 is 12.4. The predicted octanol–water partition coefficient (Wildman–Crippen LogP) is 4.68. The summed E-state index contributed by atoms with van der Waals surface area (Å²) < 4.78 is 26.4. The molecule has 0 saturated carbocycles. The van der Waals surface area contributed by atoms with E-state index in [9.17, 15) is 22.8 Å². The van der Waals surface area contributed by atoms with Gasteiger partial charge in [0.05, 0.1) is 11.9 Å². The molecule has 0 unspecified atom stereocenters. The van der Waals surface area contributed by atoms with Gasteiger partial charge in [0.2, 0.25) is 21.8 Å². The second kappa shape index (κ2) is 13.3. The molecule has 2 aromatic rings. The van der Waals surface area contributed by atoms with Gasteiger partial charge in [-0.2, -0.15) is 0 Å². The molecule has 2 atom stereocenters. The van der Waals surface area contributed by atoms with Crippen LogP contribution in [0.15, 0.2) is 42.5 Å². The minimum atomic E-state index is -3.92. The Balaban J connectivity index is 2.51. The molecule has 11 heteroatoms. The Morgan fingerprint density at radius 3 is 2.24 bits per heavy atom. The van der Waals surface area contributed by atoms with E-state index in [0.29, 0.717) is 27.6 Å². The summed E-state index contributed by atoms with van der Waals surface area (Å²) in [7, 11) is -3.92. The number of benzene rings is 2. The van der Waals surface area contributed by atoms with Crippen molar-refractivity contribution < 1.29 is 22.8 Å². The third-order valence-corrected chi connectivity index (χ3v) is 7.69. The number of amides is 2.